The van der Waals surface area contributed by atoms with Crippen molar-refractivity contribution in [2.24, 2.45) is 9.98 Å². The summed E-state index contributed by atoms with van der Waals surface area (Å²) >= 11 is 0. The highest BCUT2D eigenvalue weighted by Crippen LogP contribution is 2.17. The van der Waals surface area contributed by atoms with E-state index in [0.717, 1.165) is 5.69 Å². The fraction of sp³-hybridized carbons (Fsp3) is 0.286. The molecule has 0 fully saturated rings. The Morgan fingerprint density at radius 2 is 2.27 bits per heavy atom. The zero-order chi connectivity index (χ0) is 8.27. The quantitative estimate of drug-likeness (QED) is 0.476. The summed E-state index contributed by atoms with van der Waals surface area (Å²) < 4.78 is 5.12. The maximum Gasteiger partial charge on any atom is 0.243 e. The molecule has 1 rings (SSSR count). The Kier molecular flexibility index (Phi) is 2.15. The van der Waals surface area contributed by atoms with Crippen molar-refractivity contribution in [1.82, 2.24) is 4.98 Å². The van der Waals surface area contributed by atoms with Gasteiger partial charge in [-0.25, -0.2) is 4.98 Å². The van der Waals surface area contributed by atoms with Gasteiger partial charge in [0.05, 0.1) is 0 Å². The van der Waals surface area contributed by atoms with Crippen molar-refractivity contribution in [3.05, 3.63) is 11.6 Å². The number of aromatic nitrogens is 1. The molecule has 1 aromatic rings. The van der Waals surface area contributed by atoms with Gasteiger partial charge in [-0.05, 0) is 13.6 Å². The first-order chi connectivity index (χ1) is 5.24. The highest BCUT2D eigenvalue weighted by molar-refractivity contribution is 5.65. The van der Waals surface area contributed by atoms with Crippen molar-refractivity contribution >= 4 is 18.9 Å². The van der Waals surface area contributed by atoms with Gasteiger partial charge < -0.3 is 4.42 Å². The average Bonchev–Trinajstić information content (AvgIpc) is 2.26. The third kappa shape index (κ3) is 1.73. The van der Waals surface area contributed by atoms with Crippen LogP contribution >= 0.6 is 0 Å². The molecule has 0 radical (unpaired) electrons. The van der Waals surface area contributed by atoms with Gasteiger partial charge in [-0.15, -0.1) is 0 Å². The first-order valence-corrected chi connectivity index (χ1v) is 3.16. The van der Waals surface area contributed by atoms with E-state index in [1.165, 1.54) is 6.34 Å². The Morgan fingerprint density at radius 1 is 1.55 bits per heavy atom. The molecule has 0 N–H and O–H groups in total. The molecule has 4 heteroatoms. The van der Waals surface area contributed by atoms with Crippen LogP contribution in [0.15, 0.2) is 14.4 Å². The average molecular weight is 151 g/mol. The van der Waals surface area contributed by atoms with Crippen LogP contribution < -0.4 is 0 Å². The van der Waals surface area contributed by atoms with Crippen molar-refractivity contribution in [2.75, 3.05) is 0 Å². The smallest absolute Gasteiger partial charge is 0.243 e. The van der Waals surface area contributed by atoms with Gasteiger partial charge in [-0.1, -0.05) is 0 Å². The van der Waals surface area contributed by atoms with Crippen LogP contribution in [0, 0.1) is 13.8 Å². The summed E-state index contributed by atoms with van der Waals surface area (Å²) in [7, 11) is 0. The molecule has 0 saturated heterocycles. The van der Waals surface area contributed by atoms with Crippen LogP contribution in [0.3, 0.4) is 0 Å². The van der Waals surface area contributed by atoms with Crippen LogP contribution in [0.5, 0.6) is 0 Å². The third-order valence-corrected chi connectivity index (χ3v) is 1.14. The van der Waals surface area contributed by atoms with Gasteiger partial charge in [0.25, 0.3) is 0 Å². The molecule has 1 heterocycles. The maximum absolute atomic E-state index is 5.12. The molecule has 11 heavy (non-hydrogen) atoms. The van der Waals surface area contributed by atoms with Crippen molar-refractivity contribution in [3.63, 3.8) is 0 Å². The lowest BCUT2D eigenvalue weighted by molar-refractivity contribution is 0.531. The number of oxazole rings is 1. The predicted molar refractivity (Wildman–Crippen MR) is 43.7 cm³/mol. The van der Waals surface area contributed by atoms with E-state index < -0.39 is 0 Å². The molecule has 58 valence electrons. The predicted octanol–water partition coefficient (Wildman–Crippen LogP) is 1.65. The fourth-order valence-corrected chi connectivity index (χ4v) is 0.734. The summed E-state index contributed by atoms with van der Waals surface area (Å²) in [5, 5.41) is 0. The lowest BCUT2D eigenvalue weighted by Gasteiger charge is -1.82. The van der Waals surface area contributed by atoms with Gasteiger partial charge in [-0.2, -0.15) is 4.99 Å². The van der Waals surface area contributed by atoms with Crippen molar-refractivity contribution in [2.45, 2.75) is 13.8 Å². The van der Waals surface area contributed by atoms with Gasteiger partial charge in [-0.3, -0.25) is 4.99 Å². The van der Waals surface area contributed by atoms with Crippen LogP contribution in [-0.2, 0) is 0 Å². The topological polar surface area (TPSA) is 50.8 Å². The zero-order valence-corrected chi connectivity index (χ0v) is 6.53. The van der Waals surface area contributed by atoms with Crippen molar-refractivity contribution in [1.29, 1.82) is 0 Å². The Balaban J connectivity index is 2.93. The molecule has 0 bridgehead atoms. The Labute approximate surface area is 64.7 Å². The van der Waals surface area contributed by atoms with Crippen LogP contribution in [-0.4, -0.2) is 18.0 Å². The minimum Gasteiger partial charge on any atom is -0.423 e. The van der Waals surface area contributed by atoms with E-state index in [-0.39, 0.29) is 0 Å². The number of aliphatic imine (C=N–C) groups is 2. The van der Waals surface area contributed by atoms with Crippen LogP contribution in [0.4, 0.5) is 5.88 Å². The fourth-order valence-electron chi connectivity index (χ4n) is 0.734. The molecule has 0 spiro atoms. The molecule has 0 saturated carbocycles. The minimum absolute atomic E-state index is 0.495. The first kappa shape index (κ1) is 7.65. The van der Waals surface area contributed by atoms with Gasteiger partial charge in [0.2, 0.25) is 5.88 Å². The number of hydrogen-bond donors (Lipinski definition) is 0. The van der Waals surface area contributed by atoms with E-state index in [1.807, 2.05) is 6.92 Å². The van der Waals surface area contributed by atoms with Gasteiger partial charge in [0.1, 0.15) is 12.0 Å². The second-order valence-corrected chi connectivity index (χ2v) is 2.05. The highest BCUT2D eigenvalue weighted by Gasteiger charge is 2.02. The van der Waals surface area contributed by atoms with Crippen LogP contribution in [0.25, 0.3) is 0 Å². The largest absolute Gasteiger partial charge is 0.423 e. The summed E-state index contributed by atoms with van der Waals surface area (Å²) in [4.78, 5) is 11.3. The van der Waals surface area contributed by atoms with E-state index in [4.69, 9.17) is 4.42 Å². The number of rotatable bonds is 2. The zero-order valence-electron chi connectivity index (χ0n) is 6.53. The Hall–Kier alpha value is -1.45. The Morgan fingerprint density at radius 3 is 2.73 bits per heavy atom. The molecular formula is C7H9N3O. The third-order valence-electron chi connectivity index (χ3n) is 1.14. The first-order valence-electron chi connectivity index (χ1n) is 3.16. The second kappa shape index (κ2) is 3.09. The van der Waals surface area contributed by atoms with Gasteiger partial charge in [0.15, 0.2) is 5.89 Å². The molecular weight excluding hydrogens is 142 g/mol. The molecule has 4 nitrogen and oxygen atoms in total. The minimum atomic E-state index is 0.495. The lowest BCUT2D eigenvalue weighted by Crippen LogP contribution is -1.70. The van der Waals surface area contributed by atoms with Gasteiger partial charge >= 0.3 is 0 Å². The molecule has 0 aromatic carbocycles. The monoisotopic (exact) mass is 151 g/mol. The van der Waals surface area contributed by atoms with E-state index in [1.54, 1.807) is 6.92 Å². The summed E-state index contributed by atoms with van der Waals surface area (Å²) in [6.45, 7) is 6.85. The highest BCUT2D eigenvalue weighted by atomic mass is 16.4. The number of aryl methyl sites for hydroxylation is 2. The summed E-state index contributed by atoms with van der Waals surface area (Å²) in [5.41, 5.74) is 0.766. The molecule has 0 unspecified atom stereocenters. The number of hydrogen-bond acceptors (Lipinski definition) is 3. The van der Waals surface area contributed by atoms with E-state index in [0.29, 0.717) is 11.8 Å². The number of nitrogens with zero attached hydrogens (tertiary/aromatic N) is 3. The molecule has 0 aliphatic carbocycles. The molecule has 0 atom stereocenters. The van der Waals surface area contributed by atoms with Crippen LogP contribution in [0.1, 0.15) is 11.6 Å². The van der Waals surface area contributed by atoms with Crippen molar-refractivity contribution in [3.8, 4) is 0 Å². The summed E-state index contributed by atoms with van der Waals surface area (Å²) in [6.07, 6.45) is 1.33. The standard InChI is InChI=1S/C7H9N3O/c1-5-7(9-4-8-3)11-6(2)10-5/h4H,3H2,1-2H3. The normalized spacial score (nSPS) is 10.7. The molecule has 0 aliphatic heterocycles. The molecule has 0 amide bonds. The van der Waals surface area contributed by atoms with E-state index in [2.05, 4.69) is 21.7 Å². The SMILES string of the molecule is C=NC=Nc1oc(C)nc1C. The van der Waals surface area contributed by atoms with Crippen LogP contribution in [0.2, 0.25) is 0 Å². The summed E-state index contributed by atoms with van der Waals surface area (Å²) in [5.74, 6) is 1.11. The molecule has 1 aromatic heterocycles. The van der Waals surface area contributed by atoms with E-state index in [9.17, 15) is 0 Å². The lowest BCUT2D eigenvalue weighted by atomic mass is 10.5. The molecule has 0 aliphatic rings. The Bertz CT molecular complexity index is 288. The second-order valence-electron chi connectivity index (χ2n) is 2.05. The van der Waals surface area contributed by atoms with E-state index >= 15 is 0 Å². The van der Waals surface area contributed by atoms with Gasteiger partial charge in [0, 0.05) is 6.92 Å². The maximum atomic E-state index is 5.12. The summed E-state index contributed by atoms with van der Waals surface area (Å²) in [6, 6.07) is 0. The van der Waals surface area contributed by atoms with Crippen molar-refractivity contribution < 1.29 is 4.42 Å².